The molecular formula is C15H25NO3. The van der Waals surface area contributed by atoms with Crippen molar-refractivity contribution < 1.29 is 15.1 Å². The van der Waals surface area contributed by atoms with Crippen molar-refractivity contribution in [2.45, 2.75) is 52.6 Å². The first-order chi connectivity index (χ1) is 9.13. The standard InChI is InChI=1S/C13H19NO3.C2H6/c1-10-6-8-11(9-7-10)12(15)4-2-3-5-13(16)14-17;1-2/h6-9,12,15,17H,2-5H2,1H3,(H,14,16);1-2H3/t12-;/m1./s1. The zero-order valence-corrected chi connectivity index (χ0v) is 12.0. The van der Waals surface area contributed by atoms with Gasteiger partial charge in [0.2, 0.25) is 5.91 Å². The van der Waals surface area contributed by atoms with Crippen molar-refractivity contribution in [2.24, 2.45) is 0 Å². The molecule has 4 heteroatoms. The van der Waals surface area contributed by atoms with Crippen LogP contribution in [-0.4, -0.2) is 16.2 Å². The van der Waals surface area contributed by atoms with Gasteiger partial charge in [0.1, 0.15) is 0 Å². The fourth-order valence-electron chi connectivity index (χ4n) is 1.63. The summed E-state index contributed by atoms with van der Waals surface area (Å²) >= 11 is 0. The molecule has 1 rings (SSSR count). The van der Waals surface area contributed by atoms with Gasteiger partial charge in [-0.05, 0) is 25.3 Å². The second-order valence-electron chi connectivity index (χ2n) is 4.21. The molecule has 0 aliphatic heterocycles. The Kier molecular flexibility index (Phi) is 9.75. The molecule has 4 nitrogen and oxygen atoms in total. The lowest BCUT2D eigenvalue weighted by Crippen LogP contribution is -2.17. The van der Waals surface area contributed by atoms with Crippen molar-refractivity contribution in [3.05, 3.63) is 35.4 Å². The van der Waals surface area contributed by atoms with Gasteiger partial charge < -0.3 is 5.11 Å². The minimum atomic E-state index is -0.479. The molecule has 0 aliphatic rings. The van der Waals surface area contributed by atoms with Crippen molar-refractivity contribution in [2.75, 3.05) is 0 Å². The van der Waals surface area contributed by atoms with Gasteiger partial charge in [-0.15, -0.1) is 0 Å². The third-order valence-corrected chi connectivity index (χ3v) is 2.72. The lowest BCUT2D eigenvalue weighted by molar-refractivity contribution is -0.129. The monoisotopic (exact) mass is 267 g/mol. The van der Waals surface area contributed by atoms with Gasteiger partial charge in [0.25, 0.3) is 0 Å². The fourth-order valence-corrected chi connectivity index (χ4v) is 1.63. The fraction of sp³-hybridized carbons (Fsp3) is 0.533. The summed E-state index contributed by atoms with van der Waals surface area (Å²) in [5, 5.41) is 18.2. The van der Waals surface area contributed by atoms with Gasteiger partial charge in [0.15, 0.2) is 0 Å². The summed E-state index contributed by atoms with van der Waals surface area (Å²) in [6, 6.07) is 7.77. The van der Waals surface area contributed by atoms with Crippen LogP contribution >= 0.6 is 0 Å². The Bertz CT molecular complexity index is 349. The Morgan fingerprint density at radius 3 is 2.32 bits per heavy atom. The molecule has 1 atom stereocenters. The minimum Gasteiger partial charge on any atom is -0.388 e. The van der Waals surface area contributed by atoms with Gasteiger partial charge in [-0.3, -0.25) is 10.0 Å². The van der Waals surface area contributed by atoms with E-state index in [1.54, 1.807) is 5.48 Å². The van der Waals surface area contributed by atoms with Crippen LogP contribution in [0.2, 0.25) is 0 Å². The highest BCUT2D eigenvalue weighted by Crippen LogP contribution is 2.19. The molecule has 3 N–H and O–H groups in total. The second kappa shape index (κ2) is 10.5. The van der Waals surface area contributed by atoms with E-state index in [0.29, 0.717) is 12.8 Å². The summed E-state index contributed by atoms with van der Waals surface area (Å²) in [6.45, 7) is 6.00. The molecule has 0 bridgehead atoms. The Balaban J connectivity index is 0.00000154. The molecule has 1 aromatic carbocycles. The smallest absolute Gasteiger partial charge is 0.243 e. The predicted molar refractivity (Wildman–Crippen MR) is 75.9 cm³/mol. The maximum absolute atomic E-state index is 10.7. The number of nitrogens with one attached hydrogen (secondary N) is 1. The van der Waals surface area contributed by atoms with E-state index in [4.69, 9.17) is 5.21 Å². The van der Waals surface area contributed by atoms with Gasteiger partial charge in [-0.25, -0.2) is 5.48 Å². The first-order valence-corrected chi connectivity index (χ1v) is 6.81. The first kappa shape index (κ1) is 17.6. The quantitative estimate of drug-likeness (QED) is 0.421. The van der Waals surface area contributed by atoms with E-state index in [2.05, 4.69) is 0 Å². The molecule has 0 saturated heterocycles. The maximum atomic E-state index is 10.7. The molecular weight excluding hydrogens is 242 g/mol. The van der Waals surface area contributed by atoms with Crippen LogP contribution in [-0.2, 0) is 4.79 Å². The number of hydrogen-bond acceptors (Lipinski definition) is 3. The number of aliphatic hydroxyl groups is 1. The van der Waals surface area contributed by atoms with E-state index in [1.807, 2.05) is 45.0 Å². The summed E-state index contributed by atoms with van der Waals surface area (Å²) in [6.07, 6.45) is 1.85. The average molecular weight is 267 g/mol. The molecule has 0 spiro atoms. The van der Waals surface area contributed by atoms with Gasteiger partial charge in [0.05, 0.1) is 6.10 Å². The molecule has 1 aromatic rings. The lowest BCUT2D eigenvalue weighted by Gasteiger charge is -2.10. The SMILES string of the molecule is CC.Cc1ccc([C@H](O)CCCCC(=O)NO)cc1. The number of carbonyl (C=O) groups excluding carboxylic acids is 1. The number of aryl methyl sites for hydroxylation is 1. The van der Waals surface area contributed by atoms with Crippen LogP contribution < -0.4 is 5.48 Å². The van der Waals surface area contributed by atoms with Crippen LogP contribution in [0.1, 0.15) is 56.8 Å². The zero-order chi connectivity index (χ0) is 14.7. The number of rotatable bonds is 6. The Hall–Kier alpha value is -1.39. The molecule has 0 fully saturated rings. The van der Waals surface area contributed by atoms with E-state index in [-0.39, 0.29) is 12.3 Å². The molecule has 0 unspecified atom stereocenters. The van der Waals surface area contributed by atoms with Crippen LogP contribution in [0.5, 0.6) is 0 Å². The number of hydrogen-bond donors (Lipinski definition) is 3. The Morgan fingerprint density at radius 2 is 1.79 bits per heavy atom. The highest BCUT2D eigenvalue weighted by Gasteiger charge is 2.07. The third-order valence-electron chi connectivity index (χ3n) is 2.72. The third kappa shape index (κ3) is 7.59. The van der Waals surface area contributed by atoms with Crippen LogP contribution in [0.3, 0.4) is 0 Å². The molecule has 0 aromatic heterocycles. The number of hydroxylamine groups is 1. The zero-order valence-electron chi connectivity index (χ0n) is 12.0. The van der Waals surface area contributed by atoms with Gasteiger partial charge >= 0.3 is 0 Å². The Labute approximate surface area is 115 Å². The largest absolute Gasteiger partial charge is 0.388 e. The number of amides is 1. The molecule has 108 valence electrons. The summed E-state index contributed by atoms with van der Waals surface area (Å²) in [7, 11) is 0. The van der Waals surface area contributed by atoms with E-state index in [1.165, 1.54) is 5.56 Å². The van der Waals surface area contributed by atoms with Crippen LogP contribution in [0.4, 0.5) is 0 Å². The lowest BCUT2D eigenvalue weighted by atomic mass is 10.0. The van der Waals surface area contributed by atoms with Gasteiger partial charge in [0, 0.05) is 6.42 Å². The minimum absolute atomic E-state index is 0.289. The maximum Gasteiger partial charge on any atom is 0.243 e. The van der Waals surface area contributed by atoms with E-state index < -0.39 is 6.10 Å². The van der Waals surface area contributed by atoms with E-state index in [0.717, 1.165) is 12.0 Å². The molecule has 1 amide bonds. The van der Waals surface area contributed by atoms with Gasteiger partial charge in [-0.1, -0.05) is 50.1 Å². The number of carbonyl (C=O) groups is 1. The molecule has 0 radical (unpaired) electrons. The summed E-state index contributed by atoms with van der Waals surface area (Å²) in [5.41, 5.74) is 3.66. The molecule has 0 aliphatic carbocycles. The summed E-state index contributed by atoms with van der Waals surface area (Å²) in [4.78, 5) is 10.7. The van der Waals surface area contributed by atoms with Crippen molar-refractivity contribution in [1.82, 2.24) is 5.48 Å². The van der Waals surface area contributed by atoms with E-state index in [9.17, 15) is 9.90 Å². The van der Waals surface area contributed by atoms with Crippen LogP contribution in [0.25, 0.3) is 0 Å². The van der Waals surface area contributed by atoms with Crippen molar-refractivity contribution in [1.29, 1.82) is 0 Å². The van der Waals surface area contributed by atoms with Crippen LogP contribution in [0, 0.1) is 6.92 Å². The average Bonchev–Trinajstić information content (AvgIpc) is 2.46. The molecule has 19 heavy (non-hydrogen) atoms. The first-order valence-electron chi connectivity index (χ1n) is 6.81. The number of benzene rings is 1. The van der Waals surface area contributed by atoms with Crippen LogP contribution in [0.15, 0.2) is 24.3 Å². The van der Waals surface area contributed by atoms with E-state index >= 15 is 0 Å². The van der Waals surface area contributed by atoms with Gasteiger partial charge in [-0.2, -0.15) is 0 Å². The summed E-state index contributed by atoms with van der Waals surface area (Å²) < 4.78 is 0. The highest BCUT2D eigenvalue weighted by molar-refractivity contribution is 5.74. The normalized spacial score (nSPS) is 11.2. The van der Waals surface area contributed by atoms with Crippen molar-refractivity contribution in [3.63, 3.8) is 0 Å². The Morgan fingerprint density at radius 1 is 1.21 bits per heavy atom. The second-order valence-corrected chi connectivity index (χ2v) is 4.21. The molecule has 0 heterocycles. The van der Waals surface area contributed by atoms with Crippen molar-refractivity contribution in [3.8, 4) is 0 Å². The summed E-state index contributed by atoms with van der Waals surface area (Å²) in [5.74, 6) is -0.380. The topological polar surface area (TPSA) is 69.6 Å². The molecule has 0 saturated carbocycles. The van der Waals surface area contributed by atoms with Crippen molar-refractivity contribution >= 4 is 5.91 Å². The number of unbranched alkanes of at least 4 members (excludes halogenated alkanes) is 1. The number of aliphatic hydroxyl groups excluding tert-OH is 1. The predicted octanol–water partition coefficient (Wildman–Crippen LogP) is 3.12. The highest BCUT2D eigenvalue weighted by atomic mass is 16.5.